The molecule has 2 aromatic rings. The molecule has 0 radical (unpaired) electrons. The first-order chi connectivity index (χ1) is 15.4. The number of thioether (sulfide) groups is 1. The minimum Gasteiger partial charge on any atom is -0.467 e. The summed E-state index contributed by atoms with van der Waals surface area (Å²) in [6, 6.07) is 9.46. The minimum absolute atomic E-state index is 0.0121. The zero-order chi connectivity index (χ0) is 22.7. The number of hydrogen-bond acceptors (Lipinski definition) is 6. The van der Waals surface area contributed by atoms with Gasteiger partial charge in [0.05, 0.1) is 23.6 Å². The van der Waals surface area contributed by atoms with Gasteiger partial charge in [-0.1, -0.05) is 18.2 Å². The Labute approximate surface area is 187 Å². The molecule has 2 aliphatic rings. The Kier molecular flexibility index (Phi) is 6.40. The summed E-state index contributed by atoms with van der Waals surface area (Å²) < 4.78 is 19.1. The minimum atomic E-state index is -0.529. The van der Waals surface area contributed by atoms with Crippen molar-refractivity contribution in [3.63, 3.8) is 0 Å². The van der Waals surface area contributed by atoms with Crippen LogP contribution in [-0.2, 0) is 20.9 Å². The van der Waals surface area contributed by atoms with Crippen molar-refractivity contribution < 1.29 is 28.0 Å². The van der Waals surface area contributed by atoms with Gasteiger partial charge in [0.25, 0.3) is 11.1 Å². The van der Waals surface area contributed by atoms with Gasteiger partial charge in [-0.05, 0) is 36.0 Å². The fourth-order valence-corrected chi connectivity index (χ4v) is 4.41. The maximum atomic E-state index is 13.8. The van der Waals surface area contributed by atoms with Crippen LogP contribution < -0.4 is 5.32 Å². The summed E-state index contributed by atoms with van der Waals surface area (Å²) in [4.78, 5) is 52.0. The second-order valence-electron chi connectivity index (χ2n) is 7.40. The summed E-state index contributed by atoms with van der Waals surface area (Å²) in [6.45, 7) is 0.633. The standard InChI is InChI=1S/C22H20FN3O5S/c23-17-6-2-1-4-14(17)10-18-21(29)26(22(30)32-18)8-7-24-20(28)15-11-19(27)25(12-15)13-16-5-3-9-31-16/h1-6,9-10,15H,7-8,11-13H2,(H,24,28)/b18-10-. The predicted octanol–water partition coefficient (Wildman–Crippen LogP) is 2.62. The summed E-state index contributed by atoms with van der Waals surface area (Å²) in [5, 5.41) is 2.21. The number of hydrogen-bond donors (Lipinski definition) is 1. The van der Waals surface area contributed by atoms with E-state index in [4.69, 9.17) is 4.42 Å². The first-order valence-corrected chi connectivity index (χ1v) is 10.8. The number of carbonyl (C=O) groups is 4. The van der Waals surface area contributed by atoms with E-state index in [2.05, 4.69) is 5.32 Å². The summed E-state index contributed by atoms with van der Waals surface area (Å²) in [7, 11) is 0. The lowest BCUT2D eigenvalue weighted by molar-refractivity contribution is -0.129. The maximum absolute atomic E-state index is 13.8. The number of imide groups is 1. The number of halogens is 1. The molecule has 32 heavy (non-hydrogen) atoms. The smallest absolute Gasteiger partial charge is 0.293 e. The van der Waals surface area contributed by atoms with Gasteiger partial charge in [0, 0.05) is 31.6 Å². The number of carbonyl (C=O) groups excluding carboxylic acids is 4. The topological polar surface area (TPSA) is 99.9 Å². The van der Waals surface area contributed by atoms with Gasteiger partial charge in [0.15, 0.2) is 0 Å². The Hall–Kier alpha value is -3.40. The van der Waals surface area contributed by atoms with Crippen molar-refractivity contribution in [1.82, 2.24) is 15.1 Å². The average Bonchev–Trinajstić information content (AvgIpc) is 3.47. The summed E-state index contributed by atoms with van der Waals surface area (Å²) in [5.41, 5.74) is 0.219. The number of nitrogens with zero attached hydrogens (tertiary/aromatic N) is 2. The molecule has 1 N–H and O–H groups in total. The van der Waals surface area contributed by atoms with E-state index in [1.807, 2.05) is 0 Å². The van der Waals surface area contributed by atoms with Crippen LogP contribution in [0.1, 0.15) is 17.7 Å². The van der Waals surface area contributed by atoms with E-state index in [9.17, 15) is 23.6 Å². The van der Waals surface area contributed by atoms with Crippen LogP contribution in [0.25, 0.3) is 6.08 Å². The molecule has 4 rings (SSSR count). The first-order valence-electron chi connectivity index (χ1n) is 10.00. The molecule has 166 valence electrons. The van der Waals surface area contributed by atoms with E-state index in [0.29, 0.717) is 12.3 Å². The van der Waals surface area contributed by atoms with Crippen LogP contribution >= 0.6 is 11.8 Å². The fraction of sp³-hybridized carbons (Fsp3) is 0.273. The Morgan fingerprint density at radius 3 is 2.78 bits per heavy atom. The largest absolute Gasteiger partial charge is 0.467 e. The maximum Gasteiger partial charge on any atom is 0.293 e. The quantitative estimate of drug-likeness (QED) is 0.642. The Balaban J connectivity index is 1.28. The highest BCUT2D eigenvalue weighted by atomic mass is 32.2. The van der Waals surface area contributed by atoms with Gasteiger partial charge >= 0.3 is 0 Å². The molecule has 1 atom stereocenters. The van der Waals surface area contributed by atoms with E-state index in [-0.39, 0.29) is 48.3 Å². The van der Waals surface area contributed by atoms with Crippen LogP contribution in [0.4, 0.5) is 9.18 Å². The van der Waals surface area contributed by atoms with Crippen LogP contribution in [0.3, 0.4) is 0 Å². The normalized spacial score (nSPS) is 20.0. The molecule has 8 nitrogen and oxygen atoms in total. The molecule has 0 aliphatic carbocycles. The van der Waals surface area contributed by atoms with E-state index in [1.165, 1.54) is 30.5 Å². The van der Waals surface area contributed by atoms with Crippen molar-refractivity contribution in [2.45, 2.75) is 13.0 Å². The molecule has 1 aromatic carbocycles. The zero-order valence-electron chi connectivity index (χ0n) is 17.0. The third kappa shape index (κ3) is 4.75. The molecule has 1 unspecified atom stereocenters. The van der Waals surface area contributed by atoms with Crippen LogP contribution in [0.2, 0.25) is 0 Å². The van der Waals surface area contributed by atoms with Crippen LogP contribution in [0.15, 0.2) is 52.0 Å². The highest BCUT2D eigenvalue weighted by Gasteiger charge is 2.36. The summed E-state index contributed by atoms with van der Waals surface area (Å²) in [6.07, 6.45) is 2.96. The molecule has 0 bridgehead atoms. The number of benzene rings is 1. The second kappa shape index (κ2) is 9.39. The van der Waals surface area contributed by atoms with Crippen LogP contribution in [-0.4, -0.2) is 52.4 Å². The van der Waals surface area contributed by atoms with Crippen molar-refractivity contribution in [1.29, 1.82) is 0 Å². The summed E-state index contributed by atoms with van der Waals surface area (Å²) in [5.74, 6) is -1.33. The first kappa shape index (κ1) is 21.8. The van der Waals surface area contributed by atoms with Gasteiger partial charge in [0.1, 0.15) is 11.6 Å². The molecule has 10 heteroatoms. The number of nitrogens with one attached hydrogen (secondary N) is 1. The van der Waals surface area contributed by atoms with Gasteiger partial charge in [-0.3, -0.25) is 24.1 Å². The Bertz CT molecular complexity index is 1080. The van der Waals surface area contributed by atoms with Crippen molar-refractivity contribution in [2.75, 3.05) is 19.6 Å². The van der Waals surface area contributed by atoms with Crippen molar-refractivity contribution in [3.05, 3.63) is 64.7 Å². The number of likely N-dealkylation sites (tertiary alicyclic amines) is 1. The molecule has 1 aromatic heterocycles. The molecule has 4 amide bonds. The monoisotopic (exact) mass is 457 g/mol. The van der Waals surface area contributed by atoms with Gasteiger partial charge < -0.3 is 14.6 Å². The van der Waals surface area contributed by atoms with Crippen LogP contribution in [0, 0.1) is 11.7 Å². The molecule has 0 saturated carbocycles. The van der Waals surface area contributed by atoms with Gasteiger partial charge in [0.2, 0.25) is 11.8 Å². The molecule has 2 saturated heterocycles. The van der Waals surface area contributed by atoms with E-state index in [0.717, 1.165) is 16.7 Å². The number of furan rings is 1. The molecule has 2 fully saturated rings. The lowest BCUT2D eigenvalue weighted by Gasteiger charge is -2.16. The van der Waals surface area contributed by atoms with Gasteiger partial charge in [-0.2, -0.15) is 0 Å². The van der Waals surface area contributed by atoms with Crippen LogP contribution in [0.5, 0.6) is 0 Å². The van der Waals surface area contributed by atoms with Crippen molar-refractivity contribution >= 4 is 40.8 Å². The lowest BCUT2D eigenvalue weighted by atomic mass is 10.1. The second-order valence-corrected chi connectivity index (χ2v) is 8.39. The molecular formula is C22H20FN3O5S. The van der Waals surface area contributed by atoms with E-state index >= 15 is 0 Å². The van der Waals surface area contributed by atoms with Crippen molar-refractivity contribution in [2.24, 2.45) is 5.92 Å². The fourth-order valence-electron chi connectivity index (χ4n) is 3.55. The van der Waals surface area contributed by atoms with Crippen molar-refractivity contribution in [3.8, 4) is 0 Å². The average molecular weight is 457 g/mol. The third-order valence-electron chi connectivity index (χ3n) is 5.21. The Morgan fingerprint density at radius 1 is 1.22 bits per heavy atom. The highest BCUT2D eigenvalue weighted by Crippen LogP contribution is 2.32. The molecule has 2 aliphatic heterocycles. The molecular weight excluding hydrogens is 437 g/mol. The highest BCUT2D eigenvalue weighted by molar-refractivity contribution is 8.18. The number of rotatable bonds is 7. The molecule has 0 spiro atoms. The zero-order valence-corrected chi connectivity index (χ0v) is 17.8. The SMILES string of the molecule is O=C(NCCN1C(=O)S/C(=C\c2ccccc2F)C1=O)C1CC(=O)N(Cc2ccco2)C1. The molecule has 3 heterocycles. The summed E-state index contributed by atoms with van der Waals surface area (Å²) >= 11 is 0.731. The predicted molar refractivity (Wildman–Crippen MR) is 114 cm³/mol. The van der Waals surface area contributed by atoms with E-state index in [1.54, 1.807) is 23.1 Å². The van der Waals surface area contributed by atoms with Gasteiger partial charge in [-0.15, -0.1) is 0 Å². The lowest BCUT2D eigenvalue weighted by Crippen LogP contribution is -2.40. The Morgan fingerprint density at radius 2 is 2.03 bits per heavy atom. The third-order valence-corrected chi connectivity index (χ3v) is 6.12. The van der Waals surface area contributed by atoms with Gasteiger partial charge in [-0.25, -0.2) is 4.39 Å². The van der Waals surface area contributed by atoms with E-state index < -0.39 is 22.9 Å². The number of amides is 4.